The molecule has 1 aliphatic rings. The molecule has 3 aromatic rings. The van der Waals surface area contributed by atoms with Crippen LogP contribution in [0.15, 0.2) is 71.9 Å². The summed E-state index contributed by atoms with van der Waals surface area (Å²) in [6.45, 7) is 9.77. The van der Waals surface area contributed by atoms with Crippen LogP contribution in [0.2, 0.25) is 0 Å². The molecule has 4 rings (SSSR count). The molecule has 0 unspecified atom stereocenters. The largest absolute Gasteiger partial charge is 0.490 e. The maximum atomic E-state index is 14.4. The van der Waals surface area contributed by atoms with Crippen LogP contribution in [-0.4, -0.2) is 85.8 Å². The van der Waals surface area contributed by atoms with E-state index in [-0.39, 0.29) is 46.8 Å². The summed E-state index contributed by atoms with van der Waals surface area (Å²) in [6, 6.07) is 14.8. The number of ether oxygens (including phenoxy) is 2. The lowest BCUT2D eigenvalue weighted by Gasteiger charge is -2.36. The summed E-state index contributed by atoms with van der Waals surface area (Å²) in [5.41, 5.74) is 2.57. The molecule has 0 saturated carbocycles. The van der Waals surface area contributed by atoms with Gasteiger partial charge in [0.2, 0.25) is 0 Å². The molecule has 46 heavy (non-hydrogen) atoms. The second-order valence-electron chi connectivity index (χ2n) is 12.5. The monoisotopic (exact) mass is 652 g/mol. The van der Waals surface area contributed by atoms with Gasteiger partial charge in [-0.1, -0.05) is 24.6 Å². The van der Waals surface area contributed by atoms with Crippen molar-refractivity contribution in [1.82, 2.24) is 14.8 Å². The molecule has 0 saturated heterocycles. The van der Waals surface area contributed by atoms with Gasteiger partial charge >= 0.3 is 0 Å². The summed E-state index contributed by atoms with van der Waals surface area (Å²) in [5.74, 6) is -0.0549. The maximum Gasteiger partial charge on any atom is 0.261 e. The number of nitrogens with one attached hydrogen (secondary N) is 1. The van der Waals surface area contributed by atoms with Crippen molar-refractivity contribution in [3.63, 3.8) is 0 Å². The molecule has 0 fully saturated rings. The number of hydrogen-bond donors (Lipinski definition) is 2. The molecule has 1 amide bonds. The number of pyridine rings is 1. The number of aromatic nitrogens is 1. The molecule has 2 heterocycles. The van der Waals surface area contributed by atoms with Crippen molar-refractivity contribution in [2.24, 2.45) is 5.92 Å². The molecule has 0 radical (unpaired) electrons. The molecule has 0 bridgehead atoms. The number of rotatable bonds is 9. The van der Waals surface area contributed by atoms with E-state index in [1.807, 2.05) is 26.0 Å². The minimum Gasteiger partial charge on any atom is -0.490 e. The highest BCUT2D eigenvalue weighted by atomic mass is 32.2. The molecule has 10 nitrogen and oxygen atoms in total. The van der Waals surface area contributed by atoms with Crippen LogP contribution >= 0.6 is 0 Å². The van der Waals surface area contributed by atoms with Gasteiger partial charge in [0.1, 0.15) is 5.75 Å². The molecular weight excluding hydrogens is 604 g/mol. The zero-order chi connectivity index (χ0) is 33.3. The van der Waals surface area contributed by atoms with Gasteiger partial charge in [-0.3, -0.25) is 19.4 Å². The van der Waals surface area contributed by atoms with Gasteiger partial charge in [0.15, 0.2) is 0 Å². The first-order valence-electron chi connectivity index (χ1n) is 16.0. The summed E-state index contributed by atoms with van der Waals surface area (Å²) >= 11 is 0. The number of anilines is 1. The SMILES string of the molecule is Cc1ccc(S(=O)(=O)Nc2ccc3c(c2)C(=O)N([C@H](C)CO)C[C@@H](C)[C@H](CN(C)Cc2ccncc2)OCCCC[C@H](C)O3)cc1. The van der Waals surface area contributed by atoms with E-state index in [1.165, 1.54) is 6.07 Å². The highest BCUT2D eigenvalue weighted by molar-refractivity contribution is 7.92. The lowest BCUT2D eigenvalue weighted by molar-refractivity contribution is -0.0177. The second-order valence-corrected chi connectivity index (χ2v) is 14.2. The third-order valence-electron chi connectivity index (χ3n) is 8.33. The van der Waals surface area contributed by atoms with Crippen LogP contribution in [0.4, 0.5) is 5.69 Å². The Labute approximate surface area is 273 Å². The maximum absolute atomic E-state index is 14.4. The third kappa shape index (κ3) is 9.75. The van der Waals surface area contributed by atoms with Crippen LogP contribution in [0, 0.1) is 12.8 Å². The molecule has 2 N–H and O–H groups in total. The number of nitrogens with zero attached hydrogens (tertiary/aromatic N) is 3. The highest BCUT2D eigenvalue weighted by Gasteiger charge is 2.30. The van der Waals surface area contributed by atoms with Gasteiger partial charge in [-0.25, -0.2) is 8.42 Å². The number of sulfonamides is 1. The van der Waals surface area contributed by atoms with E-state index in [1.54, 1.807) is 60.6 Å². The molecule has 250 valence electrons. The Bertz CT molecular complexity index is 1520. The Kier molecular flexibility index (Phi) is 12.6. The van der Waals surface area contributed by atoms with Gasteiger partial charge in [-0.15, -0.1) is 0 Å². The van der Waals surface area contributed by atoms with Gasteiger partial charge in [-0.2, -0.15) is 0 Å². The van der Waals surface area contributed by atoms with Crippen molar-refractivity contribution in [3.05, 3.63) is 83.7 Å². The zero-order valence-electron chi connectivity index (χ0n) is 27.6. The van der Waals surface area contributed by atoms with Gasteiger partial charge in [0.25, 0.3) is 15.9 Å². The minimum atomic E-state index is -3.90. The molecule has 1 aromatic heterocycles. The van der Waals surface area contributed by atoms with E-state index in [0.717, 1.165) is 36.9 Å². The number of hydrogen-bond acceptors (Lipinski definition) is 8. The van der Waals surface area contributed by atoms with E-state index in [2.05, 4.69) is 28.6 Å². The first-order valence-corrected chi connectivity index (χ1v) is 17.5. The van der Waals surface area contributed by atoms with E-state index in [0.29, 0.717) is 25.4 Å². The number of aliphatic hydroxyl groups is 1. The Morgan fingerprint density at radius 2 is 1.80 bits per heavy atom. The molecule has 11 heteroatoms. The summed E-state index contributed by atoms with van der Waals surface area (Å²) in [6.07, 6.45) is 5.73. The van der Waals surface area contributed by atoms with Crippen molar-refractivity contribution in [1.29, 1.82) is 0 Å². The highest BCUT2D eigenvalue weighted by Crippen LogP contribution is 2.29. The van der Waals surface area contributed by atoms with E-state index >= 15 is 0 Å². The van der Waals surface area contributed by atoms with Crippen molar-refractivity contribution in [2.75, 3.05) is 38.1 Å². The van der Waals surface area contributed by atoms with Gasteiger partial charge < -0.3 is 19.5 Å². The fraction of sp³-hybridized carbons (Fsp3) is 0.486. The number of likely N-dealkylation sites (N-methyl/N-ethyl adjacent to an activating group) is 1. The van der Waals surface area contributed by atoms with Crippen molar-refractivity contribution in [2.45, 2.75) is 76.6 Å². The van der Waals surface area contributed by atoms with Crippen LogP contribution in [0.1, 0.15) is 61.5 Å². The first-order chi connectivity index (χ1) is 22.0. The fourth-order valence-corrected chi connectivity index (χ4v) is 6.60. The lowest BCUT2D eigenvalue weighted by atomic mass is 10.0. The Balaban J connectivity index is 1.64. The average Bonchev–Trinajstić information content (AvgIpc) is 3.03. The Morgan fingerprint density at radius 1 is 1.09 bits per heavy atom. The van der Waals surface area contributed by atoms with Gasteiger partial charge in [0.05, 0.1) is 35.3 Å². The predicted molar refractivity (Wildman–Crippen MR) is 179 cm³/mol. The fourth-order valence-electron chi connectivity index (χ4n) is 5.55. The smallest absolute Gasteiger partial charge is 0.261 e. The van der Waals surface area contributed by atoms with E-state index < -0.39 is 16.1 Å². The summed E-state index contributed by atoms with van der Waals surface area (Å²) in [5, 5.41) is 10.2. The first kappa shape index (κ1) is 35.3. The molecule has 2 aromatic carbocycles. The summed E-state index contributed by atoms with van der Waals surface area (Å²) in [7, 11) is -1.85. The number of fused-ring (bicyclic) bond motifs is 1. The van der Waals surface area contributed by atoms with Crippen LogP contribution < -0.4 is 9.46 Å². The average molecular weight is 653 g/mol. The molecular formula is C35H48N4O6S. The van der Waals surface area contributed by atoms with Crippen LogP contribution in [0.3, 0.4) is 0 Å². The Morgan fingerprint density at radius 3 is 2.50 bits per heavy atom. The topological polar surface area (TPSA) is 121 Å². The number of aryl methyl sites for hydroxylation is 1. The van der Waals surface area contributed by atoms with Crippen molar-refractivity contribution < 1.29 is 27.8 Å². The number of carbonyl (C=O) groups is 1. The number of amides is 1. The van der Waals surface area contributed by atoms with E-state index in [9.17, 15) is 18.3 Å². The van der Waals surface area contributed by atoms with Crippen molar-refractivity contribution in [3.8, 4) is 5.75 Å². The molecule has 1 aliphatic heterocycles. The Hall–Kier alpha value is -3.51. The number of benzene rings is 2. The second kappa shape index (κ2) is 16.4. The summed E-state index contributed by atoms with van der Waals surface area (Å²) < 4.78 is 41.8. The number of carbonyl (C=O) groups excluding carboxylic acids is 1. The van der Waals surface area contributed by atoms with Crippen LogP contribution in [0.5, 0.6) is 5.75 Å². The van der Waals surface area contributed by atoms with E-state index in [4.69, 9.17) is 9.47 Å². The summed E-state index contributed by atoms with van der Waals surface area (Å²) in [4.78, 5) is 22.4. The number of aliphatic hydroxyl groups excluding tert-OH is 1. The lowest BCUT2D eigenvalue weighted by Crippen LogP contribution is -2.47. The molecule has 0 aliphatic carbocycles. The third-order valence-corrected chi connectivity index (χ3v) is 9.73. The molecule has 4 atom stereocenters. The zero-order valence-corrected chi connectivity index (χ0v) is 28.4. The minimum absolute atomic E-state index is 0.0766. The van der Waals surface area contributed by atoms with Crippen LogP contribution in [-0.2, 0) is 21.3 Å². The normalized spacial score (nSPS) is 20.8. The van der Waals surface area contributed by atoms with Crippen LogP contribution in [0.25, 0.3) is 0 Å². The van der Waals surface area contributed by atoms with Gasteiger partial charge in [-0.05, 0) is 95.1 Å². The predicted octanol–water partition coefficient (Wildman–Crippen LogP) is 5.12. The molecule has 0 spiro atoms. The van der Waals surface area contributed by atoms with Crippen molar-refractivity contribution >= 4 is 21.6 Å². The quantitative estimate of drug-likeness (QED) is 0.327. The standard InChI is InChI=1S/C35H48N4O6S/c1-25-9-12-31(13-10-25)46(42,43)37-30-11-14-33-32(20-30)35(41)39(27(3)24-40)21-26(2)34(44-19-7-6-8-28(4)45-33)23-38(5)22-29-15-17-36-18-16-29/h9-18,20,26-28,34,37,40H,6-8,19,21-24H2,1-5H3/t26-,27-,28+,34+/m1/s1. The van der Waals surface area contributed by atoms with Gasteiger partial charge in [0, 0.05) is 50.2 Å².